The molecule has 6 heteroatoms. The van der Waals surface area contributed by atoms with Gasteiger partial charge in [-0.25, -0.2) is 8.42 Å². The molecule has 0 atom stereocenters. The van der Waals surface area contributed by atoms with E-state index in [1.54, 1.807) is 54.4 Å². The second-order valence-corrected chi connectivity index (χ2v) is 7.20. The Labute approximate surface area is 129 Å². The summed E-state index contributed by atoms with van der Waals surface area (Å²) in [6.45, 7) is 0. The lowest BCUT2D eigenvalue weighted by atomic mass is 10.2. The van der Waals surface area contributed by atoms with Crippen molar-refractivity contribution in [2.45, 2.75) is 11.3 Å². The van der Waals surface area contributed by atoms with E-state index < -0.39 is 10.0 Å². The maximum absolute atomic E-state index is 12.7. The molecule has 1 amide bonds. The predicted molar refractivity (Wildman–Crippen MR) is 85.6 cm³/mol. The molecule has 0 spiro atoms. The predicted octanol–water partition coefficient (Wildman–Crippen LogP) is 2.03. The molecule has 0 radical (unpaired) electrons. The van der Waals surface area contributed by atoms with Crippen molar-refractivity contribution < 1.29 is 13.2 Å². The standard InChI is InChI=1S/C16H16N2O3S/c1-17-15-9-8-14(10-12(15)11-16(17)19)22(20,21)18(2)13-6-4-3-5-7-13/h3-10H,11H2,1-2H3. The highest BCUT2D eigenvalue weighted by Crippen LogP contribution is 2.31. The molecule has 0 saturated carbocycles. The Morgan fingerprint density at radius 3 is 2.45 bits per heavy atom. The second kappa shape index (κ2) is 5.14. The van der Waals surface area contributed by atoms with Crippen molar-refractivity contribution in [3.8, 4) is 0 Å². The number of anilines is 2. The first kappa shape index (κ1) is 14.6. The maximum atomic E-state index is 12.7. The smallest absolute Gasteiger partial charge is 0.264 e. The first-order valence-electron chi connectivity index (χ1n) is 6.85. The van der Waals surface area contributed by atoms with Crippen LogP contribution in [0.15, 0.2) is 53.4 Å². The van der Waals surface area contributed by atoms with E-state index in [2.05, 4.69) is 0 Å². The van der Waals surface area contributed by atoms with Crippen LogP contribution in [0.4, 0.5) is 11.4 Å². The Bertz CT molecular complexity index is 832. The number of benzene rings is 2. The van der Waals surface area contributed by atoms with E-state index in [1.165, 1.54) is 11.4 Å². The number of nitrogens with zero attached hydrogens (tertiary/aromatic N) is 2. The number of rotatable bonds is 3. The topological polar surface area (TPSA) is 57.7 Å². The number of sulfonamides is 1. The number of carbonyl (C=O) groups excluding carboxylic acids is 1. The van der Waals surface area contributed by atoms with Gasteiger partial charge >= 0.3 is 0 Å². The summed E-state index contributed by atoms with van der Waals surface area (Å²) in [5.41, 5.74) is 2.11. The van der Waals surface area contributed by atoms with Crippen molar-refractivity contribution in [1.82, 2.24) is 0 Å². The third-order valence-electron chi connectivity index (χ3n) is 3.91. The molecular formula is C16H16N2O3S. The summed E-state index contributed by atoms with van der Waals surface area (Å²) in [6.07, 6.45) is 0.240. The van der Waals surface area contributed by atoms with Crippen LogP contribution < -0.4 is 9.21 Å². The number of likely N-dealkylation sites (N-methyl/N-ethyl adjacent to an activating group) is 1. The molecule has 0 bridgehead atoms. The highest BCUT2D eigenvalue weighted by Gasteiger charge is 2.28. The second-order valence-electron chi connectivity index (χ2n) is 5.23. The summed E-state index contributed by atoms with van der Waals surface area (Å²) in [5, 5.41) is 0. The van der Waals surface area contributed by atoms with Crippen LogP contribution in [0.25, 0.3) is 0 Å². The molecule has 22 heavy (non-hydrogen) atoms. The minimum absolute atomic E-state index is 0.0269. The molecule has 0 N–H and O–H groups in total. The molecule has 0 saturated heterocycles. The Balaban J connectivity index is 2.01. The zero-order valence-electron chi connectivity index (χ0n) is 12.4. The monoisotopic (exact) mass is 316 g/mol. The molecule has 3 rings (SSSR count). The fraction of sp³-hybridized carbons (Fsp3) is 0.188. The zero-order chi connectivity index (χ0) is 15.9. The van der Waals surface area contributed by atoms with Crippen LogP contribution in [0.1, 0.15) is 5.56 Å². The van der Waals surface area contributed by atoms with Crippen LogP contribution in [0.2, 0.25) is 0 Å². The molecule has 1 heterocycles. The number of amides is 1. The summed E-state index contributed by atoms with van der Waals surface area (Å²) in [5.74, 6) is -0.0269. The lowest BCUT2D eigenvalue weighted by molar-refractivity contribution is -0.117. The molecule has 0 aromatic heterocycles. The van der Waals surface area contributed by atoms with Gasteiger partial charge < -0.3 is 4.90 Å². The third-order valence-corrected chi connectivity index (χ3v) is 5.69. The van der Waals surface area contributed by atoms with E-state index in [4.69, 9.17) is 0 Å². The molecule has 0 fully saturated rings. The van der Waals surface area contributed by atoms with E-state index >= 15 is 0 Å². The summed E-state index contributed by atoms with van der Waals surface area (Å²) >= 11 is 0. The minimum atomic E-state index is -3.65. The van der Waals surface area contributed by atoms with Crippen molar-refractivity contribution in [3.05, 3.63) is 54.1 Å². The molecule has 1 aliphatic rings. The largest absolute Gasteiger partial charge is 0.315 e. The van der Waals surface area contributed by atoms with Gasteiger partial charge in [0.05, 0.1) is 17.0 Å². The quantitative estimate of drug-likeness (QED) is 0.870. The van der Waals surface area contributed by atoms with Crippen molar-refractivity contribution in [2.75, 3.05) is 23.3 Å². The molecule has 1 aliphatic heterocycles. The Morgan fingerprint density at radius 1 is 1.09 bits per heavy atom. The van der Waals surface area contributed by atoms with Crippen LogP contribution in [-0.4, -0.2) is 28.4 Å². The number of para-hydroxylation sites is 1. The average molecular weight is 316 g/mol. The van der Waals surface area contributed by atoms with Crippen LogP contribution in [-0.2, 0) is 21.2 Å². The van der Waals surface area contributed by atoms with E-state index in [1.807, 2.05) is 6.07 Å². The number of fused-ring (bicyclic) bond motifs is 1. The van der Waals surface area contributed by atoms with Gasteiger partial charge in [0.1, 0.15) is 0 Å². The number of carbonyl (C=O) groups is 1. The number of hydrogen-bond donors (Lipinski definition) is 0. The summed E-state index contributed by atoms with van der Waals surface area (Å²) in [6, 6.07) is 13.7. The van der Waals surface area contributed by atoms with Crippen LogP contribution in [0.5, 0.6) is 0 Å². The van der Waals surface area contributed by atoms with Crippen molar-refractivity contribution in [2.24, 2.45) is 0 Å². The van der Waals surface area contributed by atoms with Gasteiger partial charge in [0.15, 0.2) is 0 Å². The van der Waals surface area contributed by atoms with E-state index in [0.29, 0.717) is 5.69 Å². The average Bonchev–Trinajstić information content (AvgIpc) is 2.81. The van der Waals surface area contributed by atoms with E-state index in [-0.39, 0.29) is 17.2 Å². The highest BCUT2D eigenvalue weighted by atomic mass is 32.2. The summed E-state index contributed by atoms with van der Waals surface area (Å²) in [7, 11) is -0.429. The van der Waals surface area contributed by atoms with Gasteiger partial charge in [-0.05, 0) is 35.9 Å². The maximum Gasteiger partial charge on any atom is 0.264 e. The fourth-order valence-corrected chi connectivity index (χ4v) is 3.79. The van der Waals surface area contributed by atoms with Gasteiger partial charge in [-0.3, -0.25) is 9.10 Å². The van der Waals surface area contributed by atoms with Gasteiger partial charge in [-0.1, -0.05) is 18.2 Å². The molecule has 2 aromatic rings. The fourth-order valence-electron chi connectivity index (χ4n) is 2.54. The van der Waals surface area contributed by atoms with Crippen LogP contribution >= 0.6 is 0 Å². The van der Waals surface area contributed by atoms with Gasteiger partial charge in [0.2, 0.25) is 5.91 Å². The van der Waals surface area contributed by atoms with Crippen molar-refractivity contribution in [3.63, 3.8) is 0 Å². The van der Waals surface area contributed by atoms with Crippen LogP contribution in [0, 0.1) is 0 Å². The van der Waals surface area contributed by atoms with Crippen LogP contribution in [0.3, 0.4) is 0 Å². The summed E-state index contributed by atoms with van der Waals surface area (Å²) < 4.78 is 26.7. The minimum Gasteiger partial charge on any atom is -0.315 e. The Hall–Kier alpha value is -2.34. The SMILES string of the molecule is CN1C(=O)Cc2cc(S(=O)(=O)N(C)c3ccccc3)ccc21. The first-order chi connectivity index (χ1) is 10.4. The van der Waals surface area contributed by atoms with Crippen molar-refractivity contribution >= 4 is 27.3 Å². The van der Waals surface area contributed by atoms with Crippen molar-refractivity contribution in [1.29, 1.82) is 0 Å². The Morgan fingerprint density at radius 2 is 1.77 bits per heavy atom. The Kier molecular flexibility index (Phi) is 3.41. The molecule has 2 aromatic carbocycles. The lowest BCUT2D eigenvalue weighted by Gasteiger charge is -2.20. The highest BCUT2D eigenvalue weighted by molar-refractivity contribution is 7.92. The summed E-state index contributed by atoms with van der Waals surface area (Å²) in [4.78, 5) is 13.5. The lowest BCUT2D eigenvalue weighted by Crippen LogP contribution is -2.26. The molecule has 114 valence electrons. The normalized spacial score (nSPS) is 14.1. The molecule has 0 aliphatic carbocycles. The number of hydrogen-bond acceptors (Lipinski definition) is 3. The third kappa shape index (κ3) is 2.25. The van der Waals surface area contributed by atoms with Gasteiger partial charge in [0, 0.05) is 19.8 Å². The zero-order valence-corrected chi connectivity index (χ0v) is 13.2. The van der Waals surface area contributed by atoms with E-state index in [9.17, 15) is 13.2 Å². The van der Waals surface area contributed by atoms with Gasteiger partial charge in [-0.2, -0.15) is 0 Å². The molecule has 0 unspecified atom stereocenters. The molecule has 5 nitrogen and oxygen atoms in total. The van der Waals surface area contributed by atoms with E-state index in [0.717, 1.165) is 11.3 Å². The molecular weight excluding hydrogens is 300 g/mol. The van der Waals surface area contributed by atoms with Gasteiger partial charge in [0.25, 0.3) is 10.0 Å². The van der Waals surface area contributed by atoms with Gasteiger partial charge in [-0.15, -0.1) is 0 Å². The first-order valence-corrected chi connectivity index (χ1v) is 8.29.